The lowest BCUT2D eigenvalue weighted by molar-refractivity contribution is -0.167. The highest BCUT2D eigenvalue weighted by atomic mass is 16.5. The van der Waals surface area contributed by atoms with E-state index in [1.165, 1.54) is 24.8 Å². The molecule has 0 radical (unpaired) electrons. The second-order valence-electron chi connectivity index (χ2n) is 5.20. The van der Waals surface area contributed by atoms with Crippen LogP contribution in [0, 0.1) is 5.41 Å². The molecule has 0 aliphatic heterocycles. The van der Waals surface area contributed by atoms with Gasteiger partial charge in [0.1, 0.15) is 5.75 Å². The summed E-state index contributed by atoms with van der Waals surface area (Å²) in [7, 11) is 1.69. The molecule has 80 valence electrons. The zero-order valence-electron chi connectivity index (χ0n) is 8.99. The molecule has 3 fully saturated rings. The predicted molar refractivity (Wildman–Crippen MR) is 58.0 cm³/mol. The van der Waals surface area contributed by atoms with Crippen molar-refractivity contribution in [3.8, 4) is 5.75 Å². The summed E-state index contributed by atoms with van der Waals surface area (Å²) >= 11 is 0. The molecule has 0 aromatic heterocycles. The molecule has 4 rings (SSSR count). The second-order valence-corrected chi connectivity index (χ2v) is 5.20. The van der Waals surface area contributed by atoms with Gasteiger partial charge >= 0.3 is 0 Å². The Hall–Kier alpha value is -1.02. The SMILES string of the molecule is COc1ccc(C23CC(CO)(C2)C3)cc1. The van der Waals surface area contributed by atoms with Crippen molar-refractivity contribution in [3.05, 3.63) is 29.8 Å². The van der Waals surface area contributed by atoms with E-state index in [0.717, 1.165) is 5.75 Å². The van der Waals surface area contributed by atoms with E-state index in [9.17, 15) is 5.11 Å². The Morgan fingerprint density at radius 2 is 1.80 bits per heavy atom. The Kier molecular flexibility index (Phi) is 1.70. The van der Waals surface area contributed by atoms with E-state index >= 15 is 0 Å². The van der Waals surface area contributed by atoms with Crippen molar-refractivity contribution in [2.24, 2.45) is 5.41 Å². The van der Waals surface area contributed by atoms with E-state index in [-0.39, 0.29) is 0 Å². The van der Waals surface area contributed by atoms with E-state index in [1.54, 1.807) is 7.11 Å². The van der Waals surface area contributed by atoms with E-state index in [0.29, 0.717) is 17.4 Å². The summed E-state index contributed by atoms with van der Waals surface area (Å²) in [4.78, 5) is 0. The number of aliphatic hydroxyl groups excluding tert-OH is 1. The van der Waals surface area contributed by atoms with Crippen molar-refractivity contribution in [3.63, 3.8) is 0 Å². The molecular weight excluding hydrogens is 188 g/mol. The fourth-order valence-corrected chi connectivity index (χ4v) is 3.42. The smallest absolute Gasteiger partial charge is 0.118 e. The maximum atomic E-state index is 9.21. The average molecular weight is 204 g/mol. The molecule has 0 saturated heterocycles. The molecule has 1 N–H and O–H groups in total. The van der Waals surface area contributed by atoms with Gasteiger partial charge in [-0.1, -0.05) is 12.1 Å². The molecule has 3 aliphatic rings. The van der Waals surface area contributed by atoms with Gasteiger partial charge < -0.3 is 9.84 Å². The molecule has 0 heterocycles. The van der Waals surface area contributed by atoms with Crippen LogP contribution < -0.4 is 4.74 Å². The van der Waals surface area contributed by atoms with E-state index in [4.69, 9.17) is 4.74 Å². The minimum absolute atomic E-state index is 0.292. The van der Waals surface area contributed by atoms with Gasteiger partial charge in [0.05, 0.1) is 7.11 Å². The highest BCUT2D eigenvalue weighted by Gasteiger charge is 2.67. The fourth-order valence-electron chi connectivity index (χ4n) is 3.42. The Bertz CT molecular complexity index is 360. The molecule has 3 saturated carbocycles. The lowest BCUT2D eigenvalue weighted by Gasteiger charge is -2.70. The highest BCUT2D eigenvalue weighted by molar-refractivity contribution is 5.41. The summed E-state index contributed by atoms with van der Waals surface area (Å²) < 4.78 is 5.15. The lowest BCUT2D eigenvalue weighted by Crippen LogP contribution is -2.66. The van der Waals surface area contributed by atoms with E-state index in [2.05, 4.69) is 12.1 Å². The molecule has 3 aliphatic carbocycles. The van der Waals surface area contributed by atoms with E-state index < -0.39 is 0 Å². The van der Waals surface area contributed by atoms with Crippen LogP contribution in [-0.4, -0.2) is 18.8 Å². The molecule has 1 aromatic carbocycles. The van der Waals surface area contributed by atoms with Crippen LogP contribution in [-0.2, 0) is 5.41 Å². The van der Waals surface area contributed by atoms with Crippen molar-refractivity contribution >= 4 is 0 Å². The van der Waals surface area contributed by atoms with Crippen LogP contribution in [0.25, 0.3) is 0 Å². The quantitative estimate of drug-likeness (QED) is 0.817. The van der Waals surface area contributed by atoms with Crippen LogP contribution in [0.15, 0.2) is 24.3 Å². The van der Waals surface area contributed by atoms with Gasteiger partial charge in [-0.05, 0) is 47.8 Å². The molecule has 2 bridgehead atoms. The largest absolute Gasteiger partial charge is 0.497 e. The van der Waals surface area contributed by atoms with E-state index in [1.807, 2.05) is 12.1 Å². The number of benzene rings is 1. The number of methoxy groups -OCH3 is 1. The van der Waals surface area contributed by atoms with Crippen molar-refractivity contribution in [2.75, 3.05) is 13.7 Å². The zero-order valence-corrected chi connectivity index (χ0v) is 8.99. The van der Waals surface area contributed by atoms with Gasteiger partial charge in [0.25, 0.3) is 0 Å². The number of hydrogen-bond acceptors (Lipinski definition) is 2. The minimum Gasteiger partial charge on any atom is -0.497 e. The van der Waals surface area contributed by atoms with Gasteiger partial charge in [-0.15, -0.1) is 0 Å². The maximum absolute atomic E-state index is 9.21. The molecule has 2 nitrogen and oxygen atoms in total. The molecule has 0 amide bonds. The Labute approximate surface area is 89.9 Å². The number of aliphatic hydroxyl groups is 1. The first-order chi connectivity index (χ1) is 7.22. The van der Waals surface area contributed by atoms with Crippen LogP contribution in [0.3, 0.4) is 0 Å². The molecule has 0 atom stereocenters. The minimum atomic E-state index is 0.292. The monoisotopic (exact) mass is 204 g/mol. The Balaban J connectivity index is 1.79. The first-order valence-electron chi connectivity index (χ1n) is 5.47. The van der Waals surface area contributed by atoms with Gasteiger partial charge in [0.15, 0.2) is 0 Å². The van der Waals surface area contributed by atoms with Gasteiger partial charge in [-0.3, -0.25) is 0 Å². The third kappa shape index (κ3) is 1.08. The fraction of sp³-hybridized carbons (Fsp3) is 0.538. The second kappa shape index (κ2) is 2.76. The predicted octanol–water partition coefficient (Wildman–Crippen LogP) is 2.11. The van der Waals surface area contributed by atoms with Crippen molar-refractivity contribution in [1.29, 1.82) is 0 Å². The van der Waals surface area contributed by atoms with Gasteiger partial charge in [-0.2, -0.15) is 0 Å². The van der Waals surface area contributed by atoms with Crippen LogP contribution >= 0.6 is 0 Å². The molecule has 0 unspecified atom stereocenters. The zero-order chi connectivity index (χ0) is 10.5. The topological polar surface area (TPSA) is 29.5 Å². The standard InChI is InChI=1S/C13H16O2/c1-15-11-4-2-10(3-5-11)13-6-12(7-13,8-13)9-14/h2-5,14H,6-9H2,1H3. The van der Waals surface area contributed by atoms with Gasteiger partial charge in [-0.25, -0.2) is 0 Å². The molecule has 15 heavy (non-hydrogen) atoms. The summed E-state index contributed by atoms with van der Waals surface area (Å²) in [6.45, 7) is 0.366. The van der Waals surface area contributed by atoms with Crippen molar-refractivity contribution < 1.29 is 9.84 Å². The number of rotatable bonds is 3. The Morgan fingerprint density at radius 3 is 2.27 bits per heavy atom. The third-order valence-electron chi connectivity index (χ3n) is 4.18. The first-order valence-corrected chi connectivity index (χ1v) is 5.47. The third-order valence-corrected chi connectivity index (χ3v) is 4.18. The molecule has 2 heteroatoms. The average Bonchev–Trinajstić information content (AvgIpc) is 2.16. The summed E-state index contributed by atoms with van der Waals surface area (Å²) in [5.41, 5.74) is 2.10. The van der Waals surface area contributed by atoms with Gasteiger partial charge in [0.2, 0.25) is 0 Å². The molecule has 1 aromatic rings. The van der Waals surface area contributed by atoms with Crippen LogP contribution in [0.4, 0.5) is 0 Å². The number of hydrogen-bond donors (Lipinski definition) is 1. The van der Waals surface area contributed by atoms with Crippen LogP contribution in [0.1, 0.15) is 24.8 Å². The highest BCUT2D eigenvalue weighted by Crippen LogP contribution is 2.73. The maximum Gasteiger partial charge on any atom is 0.118 e. The Morgan fingerprint density at radius 1 is 1.20 bits per heavy atom. The normalized spacial score (nSPS) is 36.7. The van der Waals surface area contributed by atoms with Crippen LogP contribution in [0.2, 0.25) is 0 Å². The van der Waals surface area contributed by atoms with Gasteiger partial charge in [0, 0.05) is 6.61 Å². The number of ether oxygens (including phenoxy) is 1. The van der Waals surface area contributed by atoms with Crippen molar-refractivity contribution in [2.45, 2.75) is 24.7 Å². The van der Waals surface area contributed by atoms with Crippen molar-refractivity contribution in [1.82, 2.24) is 0 Å². The lowest BCUT2D eigenvalue weighted by atomic mass is 9.34. The molecular formula is C13H16O2. The summed E-state index contributed by atoms with van der Waals surface area (Å²) in [5.74, 6) is 0.919. The molecule has 0 spiro atoms. The first kappa shape index (κ1) is 9.22. The summed E-state index contributed by atoms with van der Waals surface area (Å²) in [5, 5.41) is 9.21. The van der Waals surface area contributed by atoms with Crippen LogP contribution in [0.5, 0.6) is 5.75 Å². The summed E-state index contributed by atoms with van der Waals surface area (Å²) in [6, 6.07) is 8.39. The summed E-state index contributed by atoms with van der Waals surface area (Å²) in [6.07, 6.45) is 3.51.